The lowest BCUT2D eigenvalue weighted by Gasteiger charge is -2.29. The van der Waals surface area contributed by atoms with Gasteiger partial charge in [0.25, 0.3) is 0 Å². The Morgan fingerprint density at radius 3 is 2.71 bits per heavy atom. The topological polar surface area (TPSA) is 32.3 Å². The highest BCUT2D eigenvalue weighted by atomic mass is 19.1. The Balaban J connectivity index is 1.98. The first kappa shape index (κ1) is 12.5. The third-order valence-electron chi connectivity index (χ3n) is 3.74. The second-order valence-corrected chi connectivity index (χ2v) is 5.29. The van der Waals surface area contributed by atoms with Crippen LogP contribution in [0, 0.1) is 18.7 Å². The van der Waals surface area contributed by atoms with E-state index < -0.39 is 0 Å². The molecule has 0 saturated heterocycles. The Hall–Kier alpha value is -0.930. The first-order chi connectivity index (χ1) is 8.05. The Bertz CT molecular complexity index is 403. The van der Waals surface area contributed by atoms with Crippen LogP contribution < -0.4 is 5.32 Å². The summed E-state index contributed by atoms with van der Waals surface area (Å²) in [5.74, 6) is 0.393. The van der Waals surface area contributed by atoms with Crippen LogP contribution in [0.25, 0.3) is 0 Å². The van der Waals surface area contributed by atoms with E-state index >= 15 is 0 Å². The van der Waals surface area contributed by atoms with E-state index in [-0.39, 0.29) is 18.0 Å². The zero-order valence-electron chi connectivity index (χ0n) is 10.5. The van der Waals surface area contributed by atoms with Crippen molar-refractivity contribution in [2.24, 2.45) is 5.92 Å². The van der Waals surface area contributed by atoms with E-state index in [0.29, 0.717) is 18.0 Å². The summed E-state index contributed by atoms with van der Waals surface area (Å²) in [5, 5.41) is 12.8. The van der Waals surface area contributed by atoms with Crippen molar-refractivity contribution in [3.8, 4) is 0 Å². The fourth-order valence-electron chi connectivity index (χ4n) is 2.10. The molecule has 1 fully saturated rings. The fourth-order valence-corrected chi connectivity index (χ4v) is 2.10. The number of halogens is 1. The molecule has 94 valence electrons. The molecule has 2 nitrogen and oxygen atoms in total. The standard InChI is InChI=1S/C14H20FNO/c1-10-3-4-11(7-13(10)15)8-16-14(2,9-17)12-5-6-12/h3-4,7,12,16-17H,5-6,8-9H2,1-2H3. The summed E-state index contributed by atoms with van der Waals surface area (Å²) < 4.78 is 13.4. The molecule has 1 unspecified atom stereocenters. The molecule has 0 bridgehead atoms. The van der Waals surface area contributed by atoms with Gasteiger partial charge in [-0.1, -0.05) is 12.1 Å². The lowest BCUT2D eigenvalue weighted by molar-refractivity contribution is 0.153. The first-order valence-electron chi connectivity index (χ1n) is 6.16. The number of aliphatic hydroxyl groups excluding tert-OH is 1. The Morgan fingerprint density at radius 1 is 1.47 bits per heavy atom. The maximum absolute atomic E-state index is 13.4. The normalized spacial score (nSPS) is 19.1. The molecule has 1 aliphatic carbocycles. The predicted octanol–water partition coefficient (Wildman–Crippen LogP) is 2.38. The summed E-state index contributed by atoms with van der Waals surface area (Å²) in [6.45, 7) is 4.53. The Labute approximate surface area is 102 Å². The average Bonchev–Trinajstić information content (AvgIpc) is 3.14. The van der Waals surface area contributed by atoms with Crippen LogP contribution in [0.5, 0.6) is 0 Å². The van der Waals surface area contributed by atoms with Gasteiger partial charge in [-0.25, -0.2) is 4.39 Å². The van der Waals surface area contributed by atoms with Gasteiger partial charge >= 0.3 is 0 Å². The third-order valence-corrected chi connectivity index (χ3v) is 3.74. The zero-order valence-corrected chi connectivity index (χ0v) is 10.5. The first-order valence-corrected chi connectivity index (χ1v) is 6.16. The minimum absolute atomic E-state index is 0.131. The molecule has 2 rings (SSSR count). The molecular weight excluding hydrogens is 217 g/mol. The number of nitrogens with one attached hydrogen (secondary N) is 1. The van der Waals surface area contributed by atoms with E-state index in [1.165, 1.54) is 12.8 Å². The molecule has 1 saturated carbocycles. The second-order valence-electron chi connectivity index (χ2n) is 5.29. The van der Waals surface area contributed by atoms with Gasteiger partial charge < -0.3 is 10.4 Å². The molecule has 2 N–H and O–H groups in total. The maximum Gasteiger partial charge on any atom is 0.126 e. The molecule has 0 aliphatic heterocycles. The predicted molar refractivity (Wildman–Crippen MR) is 66.2 cm³/mol. The second kappa shape index (κ2) is 4.75. The average molecular weight is 237 g/mol. The van der Waals surface area contributed by atoms with E-state index in [4.69, 9.17) is 0 Å². The number of hydrogen-bond donors (Lipinski definition) is 2. The van der Waals surface area contributed by atoms with Gasteiger partial charge in [0.05, 0.1) is 6.61 Å². The van der Waals surface area contributed by atoms with Gasteiger partial charge in [-0.2, -0.15) is 0 Å². The van der Waals surface area contributed by atoms with Crippen molar-refractivity contribution in [3.05, 3.63) is 35.1 Å². The molecule has 17 heavy (non-hydrogen) atoms. The van der Waals surface area contributed by atoms with Crippen LogP contribution in [0.4, 0.5) is 4.39 Å². The summed E-state index contributed by atoms with van der Waals surface area (Å²) in [7, 11) is 0. The van der Waals surface area contributed by atoms with E-state index in [1.54, 1.807) is 19.1 Å². The van der Waals surface area contributed by atoms with Crippen molar-refractivity contribution in [2.45, 2.75) is 38.8 Å². The van der Waals surface area contributed by atoms with E-state index in [0.717, 1.165) is 5.56 Å². The van der Waals surface area contributed by atoms with Gasteiger partial charge in [-0.3, -0.25) is 0 Å². The van der Waals surface area contributed by atoms with Crippen LogP contribution in [-0.2, 0) is 6.54 Å². The summed E-state index contributed by atoms with van der Waals surface area (Å²) in [5.41, 5.74) is 1.37. The van der Waals surface area contributed by atoms with Crippen molar-refractivity contribution in [1.82, 2.24) is 5.32 Å². The lowest BCUT2D eigenvalue weighted by Crippen LogP contribution is -2.47. The molecule has 0 radical (unpaired) electrons. The Morgan fingerprint density at radius 2 is 2.18 bits per heavy atom. The fraction of sp³-hybridized carbons (Fsp3) is 0.571. The highest BCUT2D eigenvalue weighted by Crippen LogP contribution is 2.39. The number of aliphatic hydroxyl groups is 1. The number of aryl methyl sites for hydroxylation is 1. The van der Waals surface area contributed by atoms with E-state index in [9.17, 15) is 9.50 Å². The van der Waals surface area contributed by atoms with E-state index in [2.05, 4.69) is 5.32 Å². The maximum atomic E-state index is 13.4. The van der Waals surface area contributed by atoms with Gasteiger partial charge in [-0.05, 0) is 49.8 Å². The van der Waals surface area contributed by atoms with Crippen LogP contribution in [0.15, 0.2) is 18.2 Å². The number of hydrogen-bond acceptors (Lipinski definition) is 2. The van der Waals surface area contributed by atoms with Gasteiger partial charge in [0, 0.05) is 12.1 Å². The molecule has 0 aromatic heterocycles. The monoisotopic (exact) mass is 237 g/mol. The zero-order chi connectivity index (χ0) is 12.5. The quantitative estimate of drug-likeness (QED) is 0.824. The smallest absolute Gasteiger partial charge is 0.126 e. The lowest BCUT2D eigenvalue weighted by atomic mass is 9.96. The van der Waals surface area contributed by atoms with Crippen molar-refractivity contribution in [2.75, 3.05) is 6.61 Å². The minimum Gasteiger partial charge on any atom is -0.394 e. The van der Waals surface area contributed by atoms with Crippen molar-refractivity contribution >= 4 is 0 Å². The summed E-state index contributed by atoms with van der Waals surface area (Å²) in [6, 6.07) is 5.28. The highest BCUT2D eigenvalue weighted by Gasteiger charge is 2.40. The van der Waals surface area contributed by atoms with Crippen molar-refractivity contribution in [1.29, 1.82) is 0 Å². The highest BCUT2D eigenvalue weighted by molar-refractivity contribution is 5.23. The summed E-state index contributed by atoms with van der Waals surface area (Å²) in [4.78, 5) is 0. The largest absolute Gasteiger partial charge is 0.394 e. The minimum atomic E-state index is -0.221. The summed E-state index contributed by atoms with van der Waals surface area (Å²) >= 11 is 0. The third kappa shape index (κ3) is 2.85. The number of benzene rings is 1. The molecular formula is C14H20FNO. The van der Waals surface area contributed by atoms with E-state index in [1.807, 2.05) is 13.0 Å². The van der Waals surface area contributed by atoms with Crippen LogP contribution >= 0.6 is 0 Å². The molecule has 3 heteroatoms. The van der Waals surface area contributed by atoms with Crippen LogP contribution in [0.3, 0.4) is 0 Å². The molecule has 0 heterocycles. The van der Waals surface area contributed by atoms with Crippen molar-refractivity contribution < 1.29 is 9.50 Å². The molecule has 1 aromatic rings. The molecule has 0 amide bonds. The van der Waals surface area contributed by atoms with Crippen LogP contribution in [0.1, 0.15) is 30.9 Å². The summed E-state index contributed by atoms with van der Waals surface area (Å²) in [6.07, 6.45) is 2.35. The van der Waals surface area contributed by atoms with Crippen molar-refractivity contribution in [3.63, 3.8) is 0 Å². The number of rotatable bonds is 5. The molecule has 1 aliphatic rings. The van der Waals surface area contributed by atoms with Gasteiger partial charge in [0.15, 0.2) is 0 Å². The molecule has 1 aromatic carbocycles. The SMILES string of the molecule is Cc1ccc(CNC(C)(CO)C2CC2)cc1F. The molecule has 1 atom stereocenters. The molecule has 0 spiro atoms. The van der Waals surface area contributed by atoms with Gasteiger partial charge in [0.2, 0.25) is 0 Å². The Kier molecular flexibility index (Phi) is 3.50. The van der Waals surface area contributed by atoms with Gasteiger partial charge in [0.1, 0.15) is 5.82 Å². The van der Waals surface area contributed by atoms with Crippen LogP contribution in [-0.4, -0.2) is 17.3 Å². The van der Waals surface area contributed by atoms with Crippen LogP contribution in [0.2, 0.25) is 0 Å². The van der Waals surface area contributed by atoms with Gasteiger partial charge in [-0.15, -0.1) is 0 Å².